The van der Waals surface area contributed by atoms with Crippen molar-refractivity contribution in [2.45, 2.75) is 37.5 Å². The molecule has 7 aromatic carbocycles. The Morgan fingerprint density at radius 3 is 1.88 bits per heavy atom. The minimum atomic E-state index is 0.180. The van der Waals surface area contributed by atoms with Crippen LogP contribution >= 0.6 is 0 Å². The van der Waals surface area contributed by atoms with E-state index in [-0.39, 0.29) is 5.41 Å². The Morgan fingerprint density at radius 2 is 1.02 bits per heavy atom. The molecule has 1 spiro atoms. The van der Waals surface area contributed by atoms with Crippen LogP contribution in [0.2, 0.25) is 0 Å². The lowest BCUT2D eigenvalue weighted by Gasteiger charge is -2.61. The quantitative estimate of drug-likeness (QED) is 0.187. The van der Waals surface area contributed by atoms with Crippen LogP contribution in [0.15, 0.2) is 152 Å². The summed E-state index contributed by atoms with van der Waals surface area (Å²) in [6, 6.07) is 57.2. The van der Waals surface area contributed by atoms with Gasteiger partial charge in [0.15, 0.2) is 0 Å². The summed E-state index contributed by atoms with van der Waals surface area (Å²) in [7, 11) is 0. The average Bonchev–Trinajstić information content (AvgIpc) is 3.44. The first-order valence-electron chi connectivity index (χ1n) is 18.4. The van der Waals surface area contributed by atoms with Gasteiger partial charge in [0.1, 0.15) is 0 Å². The maximum absolute atomic E-state index is 2.55. The first-order chi connectivity index (χ1) is 24.2. The van der Waals surface area contributed by atoms with E-state index in [1.807, 2.05) is 0 Å². The van der Waals surface area contributed by atoms with Crippen molar-refractivity contribution in [1.29, 1.82) is 0 Å². The first kappa shape index (κ1) is 27.8. The Labute approximate surface area is 288 Å². The van der Waals surface area contributed by atoms with Gasteiger partial charge >= 0.3 is 0 Å². The molecule has 0 atom stereocenters. The summed E-state index contributed by atoms with van der Waals surface area (Å²) in [6.45, 7) is 0. The Morgan fingerprint density at radius 1 is 0.408 bits per heavy atom. The zero-order valence-corrected chi connectivity index (χ0v) is 27.7. The zero-order valence-electron chi connectivity index (χ0n) is 27.7. The van der Waals surface area contributed by atoms with Crippen LogP contribution in [-0.2, 0) is 5.41 Å². The smallest absolute Gasteiger partial charge is 0.0468 e. The number of hydrogen-bond donors (Lipinski definition) is 0. The van der Waals surface area contributed by atoms with Crippen molar-refractivity contribution in [1.82, 2.24) is 0 Å². The molecule has 49 heavy (non-hydrogen) atoms. The summed E-state index contributed by atoms with van der Waals surface area (Å²) in [5, 5.41) is 5.08. The second kappa shape index (κ2) is 10.4. The van der Waals surface area contributed by atoms with Crippen LogP contribution in [0.1, 0.15) is 43.2 Å². The molecule has 1 nitrogen and oxygen atoms in total. The van der Waals surface area contributed by atoms with Crippen molar-refractivity contribution >= 4 is 38.6 Å². The summed E-state index contributed by atoms with van der Waals surface area (Å²) in [5.74, 6) is 3.43. The molecular formula is C48H39N. The van der Waals surface area contributed by atoms with Gasteiger partial charge in [-0.3, -0.25) is 0 Å². The fourth-order valence-corrected chi connectivity index (χ4v) is 11.3. The number of anilines is 3. The third kappa shape index (κ3) is 3.99. The normalized spacial score (nSPS) is 24.4. The Bertz CT molecular complexity index is 2400. The van der Waals surface area contributed by atoms with Gasteiger partial charge in [0.05, 0.1) is 0 Å². The standard InChI is InChI=1S/C48H39N/c1-2-11-35-28-40(20-19-33(35)9-1)49(39-14-7-13-36(29-39)43-17-8-12-34-10-3-4-15-42(34)43)41-21-22-47-45(30-41)44-16-5-6-18-46(44)48(47)37-24-31-23-32(26-37)27-38(48)25-31/h1-22,28-32,37-38H,23-27H2. The third-order valence-electron chi connectivity index (χ3n) is 13.0. The minimum Gasteiger partial charge on any atom is -0.310 e. The molecule has 0 aromatic heterocycles. The fourth-order valence-electron chi connectivity index (χ4n) is 11.3. The van der Waals surface area contributed by atoms with E-state index in [1.165, 1.54) is 93.0 Å². The van der Waals surface area contributed by atoms with Crippen LogP contribution in [0.4, 0.5) is 17.1 Å². The fraction of sp³-hybridized carbons (Fsp3) is 0.208. The number of rotatable bonds is 4. The zero-order chi connectivity index (χ0) is 32.1. The van der Waals surface area contributed by atoms with E-state index < -0.39 is 0 Å². The highest BCUT2D eigenvalue weighted by atomic mass is 15.1. The van der Waals surface area contributed by atoms with Crippen molar-refractivity contribution < 1.29 is 0 Å². The predicted molar refractivity (Wildman–Crippen MR) is 205 cm³/mol. The topological polar surface area (TPSA) is 3.24 Å². The molecule has 0 heterocycles. The van der Waals surface area contributed by atoms with E-state index >= 15 is 0 Å². The maximum atomic E-state index is 2.55. The van der Waals surface area contributed by atoms with Crippen LogP contribution in [-0.4, -0.2) is 0 Å². The van der Waals surface area contributed by atoms with E-state index in [0.29, 0.717) is 0 Å². The van der Waals surface area contributed by atoms with Crippen molar-refractivity contribution in [3.63, 3.8) is 0 Å². The number of benzene rings is 7. The molecule has 0 aliphatic heterocycles. The summed E-state index contributed by atoms with van der Waals surface area (Å²) < 4.78 is 0. The summed E-state index contributed by atoms with van der Waals surface area (Å²) in [6.07, 6.45) is 7.12. The van der Waals surface area contributed by atoms with Gasteiger partial charge in [-0.2, -0.15) is 0 Å². The second-order valence-electron chi connectivity index (χ2n) is 15.4. The van der Waals surface area contributed by atoms with Crippen molar-refractivity contribution in [2.75, 3.05) is 4.90 Å². The minimum absolute atomic E-state index is 0.180. The van der Waals surface area contributed by atoms with Gasteiger partial charge in [-0.15, -0.1) is 0 Å². The lowest BCUT2D eigenvalue weighted by atomic mass is 9.43. The van der Waals surface area contributed by atoms with Gasteiger partial charge in [-0.25, -0.2) is 0 Å². The largest absolute Gasteiger partial charge is 0.310 e. The van der Waals surface area contributed by atoms with Crippen LogP contribution in [0, 0.1) is 23.7 Å². The molecule has 0 saturated heterocycles. The molecule has 0 N–H and O–H groups in total. The summed E-state index contributed by atoms with van der Waals surface area (Å²) >= 11 is 0. The molecule has 12 rings (SSSR count). The van der Waals surface area contributed by atoms with Gasteiger partial charge in [-0.1, -0.05) is 115 Å². The number of fused-ring (bicyclic) bond motifs is 5. The molecule has 7 aromatic rings. The first-order valence-corrected chi connectivity index (χ1v) is 18.4. The van der Waals surface area contributed by atoms with Gasteiger partial charge in [0, 0.05) is 22.5 Å². The lowest BCUT2D eigenvalue weighted by molar-refractivity contribution is -0.0399. The molecule has 5 aliphatic rings. The van der Waals surface area contributed by atoms with Gasteiger partial charge in [-0.05, 0) is 147 Å². The van der Waals surface area contributed by atoms with Crippen molar-refractivity contribution in [3.8, 4) is 22.3 Å². The second-order valence-corrected chi connectivity index (χ2v) is 15.4. The van der Waals surface area contributed by atoms with Crippen LogP contribution in [0.5, 0.6) is 0 Å². The number of hydrogen-bond acceptors (Lipinski definition) is 1. The van der Waals surface area contributed by atoms with E-state index in [1.54, 1.807) is 11.1 Å². The van der Waals surface area contributed by atoms with E-state index in [0.717, 1.165) is 23.7 Å². The molecular weight excluding hydrogens is 591 g/mol. The Balaban J connectivity index is 1.11. The molecule has 0 amide bonds. The highest BCUT2D eigenvalue weighted by Crippen LogP contribution is 2.69. The Kier molecular flexibility index (Phi) is 5.91. The number of nitrogens with zero attached hydrogens (tertiary/aromatic N) is 1. The third-order valence-corrected chi connectivity index (χ3v) is 13.0. The van der Waals surface area contributed by atoms with E-state index in [9.17, 15) is 0 Å². The SMILES string of the molecule is c1cc(-c2cccc3ccccc23)cc(N(c2ccc3c(c2)-c2ccccc2C32C3CC4CC(C3)CC2C4)c2ccc3ccccc3c2)c1. The van der Waals surface area contributed by atoms with E-state index in [2.05, 4.69) is 157 Å². The lowest BCUT2D eigenvalue weighted by Crippen LogP contribution is -2.55. The molecule has 4 saturated carbocycles. The molecule has 236 valence electrons. The molecule has 1 heteroatoms. The average molecular weight is 630 g/mol. The van der Waals surface area contributed by atoms with Crippen molar-refractivity contribution in [3.05, 3.63) is 163 Å². The van der Waals surface area contributed by atoms with E-state index in [4.69, 9.17) is 0 Å². The molecule has 4 bridgehead atoms. The summed E-state index contributed by atoms with van der Waals surface area (Å²) in [5.41, 5.74) is 12.4. The van der Waals surface area contributed by atoms with Gasteiger partial charge < -0.3 is 4.90 Å². The molecule has 4 fully saturated rings. The molecule has 0 radical (unpaired) electrons. The van der Waals surface area contributed by atoms with Gasteiger partial charge in [0.2, 0.25) is 0 Å². The molecule has 0 unspecified atom stereocenters. The monoisotopic (exact) mass is 629 g/mol. The van der Waals surface area contributed by atoms with Crippen LogP contribution in [0.3, 0.4) is 0 Å². The Hall–Kier alpha value is -5.14. The predicted octanol–water partition coefficient (Wildman–Crippen LogP) is 12.9. The highest BCUT2D eigenvalue weighted by Gasteiger charge is 2.61. The van der Waals surface area contributed by atoms with Gasteiger partial charge in [0.25, 0.3) is 0 Å². The van der Waals surface area contributed by atoms with Crippen LogP contribution in [0.25, 0.3) is 43.8 Å². The highest BCUT2D eigenvalue weighted by molar-refractivity contribution is 5.98. The maximum Gasteiger partial charge on any atom is 0.0468 e. The summed E-state index contributed by atoms with van der Waals surface area (Å²) in [4.78, 5) is 2.49. The van der Waals surface area contributed by atoms with Crippen molar-refractivity contribution in [2.24, 2.45) is 23.7 Å². The molecule has 5 aliphatic carbocycles. The van der Waals surface area contributed by atoms with Crippen LogP contribution < -0.4 is 4.90 Å².